The number of hydrogen-bond acceptors (Lipinski definition) is 4. The van der Waals surface area contributed by atoms with Gasteiger partial charge in [0.05, 0.1) is 5.60 Å². The molecule has 0 aromatic heterocycles. The normalized spacial score (nSPS) is 17.2. The molecule has 16 heavy (non-hydrogen) atoms. The van der Waals surface area contributed by atoms with E-state index in [9.17, 15) is 5.11 Å². The van der Waals surface area contributed by atoms with Crippen molar-refractivity contribution in [2.24, 2.45) is 0 Å². The summed E-state index contributed by atoms with van der Waals surface area (Å²) in [7, 11) is 0. The molecule has 0 fully saturated rings. The van der Waals surface area contributed by atoms with Crippen LogP contribution in [-0.4, -0.2) is 23.6 Å². The van der Waals surface area contributed by atoms with Crippen molar-refractivity contribution in [1.29, 1.82) is 0 Å². The minimum Gasteiger partial charge on any atom is -0.454 e. The molecule has 0 saturated carbocycles. The van der Waals surface area contributed by atoms with E-state index < -0.39 is 5.60 Å². The van der Waals surface area contributed by atoms with E-state index in [-0.39, 0.29) is 13.4 Å². The Hall–Kier alpha value is -1.26. The van der Waals surface area contributed by atoms with E-state index in [4.69, 9.17) is 14.6 Å². The molecule has 1 aliphatic heterocycles. The molecule has 4 heteroatoms. The lowest BCUT2D eigenvalue weighted by Gasteiger charge is -2.23. The maximum atomic E-state index is 10.2. The number of benzene rings is 1. The smallest absolute Gasteiger partial charge is 0.231 e. The number of ether oxygens (including phenoxy) is 2. The van der Waals surface area contributed by atoms with Gasteiger partial charge in [0.1, 0.15) is 0 Å². The van der Waals surface area contributed by atoms with E-state index in [1.54, 1.807) is 19.1 Å². The van der Waals surface area contributed by atoms with Crippen molar-refractivity contribution in [3.63, 3.8) is 0 Å². The first kappa shape index (κ1) is 11.2. The van der Waals surface area contributed by atoms with Gasteiger partial charge in [0, 0.05) is 6.61 Å². The van der Waals surface area contributed by atoms with Crippen LogP contribution in [0.15, 0.2) is 18.2 Å². The molecule has 0 radical (unpaired) electrons. The summed E-state index contributed by atoms with van der Waals surface area (Å²) in [4.78, 5) is 0. The molecule has 4 nitrogen and oxygen atoms in total. The molecule has 1 aromatic carbocycles. The Balaban J connectivity index is 2.20. The Morgan fingerprint density at radius 1 is 1.31 bits per heavy atom. The zero-order valence-electron chi connectivity index (χ0n) is 9.27. The van der Waals surface area contributed by atoms with Crippen LogP contribution >= 0.6 is 0 Å². The third kappa shape index (κ3) is 2.13. The predicted octanol–water partition coefficient (Wildman–Crippen LogP) is 1.40. The minimum atomic E-state index is -0.941. The molecule has 2 rings (SSSR count). The highest BCUT2D eigenvalue weighted by atomic mass is 16.7. The number of hydrogen-bond donors (Lipinski definition) is 2. The molecule has 1 atom stereocenters. The van der Waals surface area contributed by atoms with Gasteiger partial charge in [0.2, 0.25) is 6.79 Å². The van der Waals surface area contributed by atoms with Crippen molar-refractivity contribution in [3.05, 3.63) is 23.8 Å². The lowest BCUT2D eigenvalue weighted by atomic mass is 9.91. The molecule has 88 valence electrons. The summed E-state index contributed by atoms with van der Waals surface area (Å²) in [5.41, 5.74) is -0.158. The Morgan fingerprint density at radius 3 is 2.81 bits per heavy atom. The fourth-order valence-corrected chi connectivity index (χ4v) is 1.80. The summed E-state index contributed by atoms with van der Waals surface area (Å²) in [6.45, 7) is 2.05. The molecule has 0 spiro atoms. The van der Waals surface area contributed by atoms with Gasteiger partial charge in [-0.25, -0.2) is 0 Å². The Kier molecular flexibility index (Phi) is 3.03. The predicted molar refractivity (Wildman–Crippen MR) is 58.5 cm³/mol. The second-order valence-electron chi connectivity index (χ2n) is 4.17. The van der Waals surface area contributed by atoms with Gasteiger partial charge in [-0.05, 0) is 37.5 Å². The van der Waals surface area contributed by atoms with E-state index in [2.05, 4.69) is 0 Å². The maximum Gasteiger partial charge on any atom is 0.231 e. The molecule has 0 bridgehead atoms. The van der Waals surface area contributed by atoms with Crippen molar-refractivity contribution in [2.45, 2.75) is 25.4 Å². The molecule has 0 aliphatic carbocycles. The summed E-state index contributed by atoms with van der Waals surface area (Å²) in [5.74, 6) is 1.38. The third-order valence-electron chi connectivity index (χ3n) is 2.82. The second kappa shape index (κ2) is 4.31. The van der Waals surface area contributed by atoms with Gasteiger partial charge in [-0.1, -0.05) is 6.07 Å². The van der Waals surface area contributed by atoms with Crippen LogP contribution < -0.4 is 9.47 Å². The monoisotopic (exact) mass is 224 g/mol. The first-order chi connectivity index (χ1) is 7.63. The molecule has 1 aromatic rings. The molecule has 0 amide bonds. The summed E-state index contributed by atoms with van der Waals surface area (Å²) in [5, 5.41) is 19.0. The first-order valence-corrected chi connectivity index (χ1v) is 5.37. The van der Waals surface area contributed by atoms with Crippen LogP contribution in [0.1, 0.15) is 25.3 Å². The topological polar surface area (TPSA) is 58.9 Å². The lowest BCUT2D eigenvalue weighted by molar-refractivity contribution is 0.0401. The minimum absolute atomic E-state index is 0.0840. The van der Waals surface area contributed by atoms with Crippen LogP contribution in [0, 0.1) is 0 Å². The Morgan fingerprint density at radius 2 is 2.06 bits per heavy atom. The van der Waals surface area contributed by atoms with Crippen LogP contribution in [0.5, 0.6) is 11.5 Å². The standard InChI is InChI=1S/C12H16O4/c1-12(14,5-2-6-13)9-3-4-10-11(7-9)16-8-15-10/h3-4,7,13-14H,2,5-6,8H2,1H3. The van der Waals surface area contributed by atoms with Crippen LogP contribution in [0.25, 0.3) is 0 Å². The number of rotatable bonds is 4. The van der Waals surface area contributed by atoms with Gasteiger partial charge in [-0.2, -0.15) is 0 Å². The SMILES string of the molecule is CC(O)(CCCO)c1ccc2c(c1)OCO2. The summed E-state index contributed by atoms with van der Waals surface area (Å²) < 4.78 is 10.5. The number of fused-ring (bicyclic) bond motifs is 1. The highest BCUT2D eigenvalue weighted by Crippen LogP contribution is 2.36. The zero-order valence-corrected chi connectivity index (χ0v) is 9.27. The number of aliphatic hydroxyl groups is 2. The van der Waals surface area contributed by atoms with Crippen molar-refractivity contribution < 1.29 is 19.7 Å². The number of aliphatic hydroxyl groups excluding tert-OH is 1. The average Bonchev–Trinajstić information content (AvgIpc) is 2.73. The quantitative estimate of drug-likeness (QED) is 0.811. The Labute approximate surface area is 94.4 Å². The largest absolute Gasteiger partial charge is 0.454 e. The zero-order chi connectivity index (χ0) is 11.6. The summed E-state index contributed by atoms with van der Waals surface area (Å²) >= 11 is 0. The fraction of sp³-hybridized carbons (Fsp3) is 0.500. The summed E-state index contributed by atoms with van der Waals surface area (Å²) in [6.07, 6.45) is 1.09. The van der Waals surface area contributed by atoms with Gasteiger partial charge in [-0.15, -0.1) is 0 Å². The third-order valence-corrected chi connectivity index (χ3v) is 2.82. The van der Waals surface area contributed by atoms with Crippen LogP contribution in [0.2, 0.25) is 0 Å². The Bertz CT molecular complexity index is 373. The van der Waals surface area contributed by atoms with Gasteiger partial charge in [-0.3, -0.25) is 0 Å². The lowest BCUT2D eigenvalue weighted by Crippen LogP contribution is -2.21. The van der Waals surface area contributed by atoms with Crippen molar-refractivity contribution in [1.82, 2.24) is 0 Å². The fourth-order valence-electron chi connectivity index (χ4n) is 1.80. The second-order valence-corrected chi connectivity index (χ2v) is 4.17. The van der Waals surface area contributed by atoms with Crippen LogP contribution in [0.4, 0.5) is 0 Å². The van der Waals surface area contributed by atoms with E-state index >= 15 is 0 Å². The molecule has 1 heterocycles. The molecule has 1 aliphatic rings. The van der Waals surface area contributed by atoms with E-state index in [0.29, 0.717) is 24.3 Å². The van der Waals surface area contributed by atoms with Crippen LogP contribution in [-0.2, 0) is 5.60 Å². The highest BCUT2D eigenvalue weighted by molar-refractivity contribution is 5.45. The molecule has 2 N–H and O–H groups in total. The van der Waals surface area contributed by atoms with Crippen molar-refractivity contribution in [3.8, 4) is 11.5 Å². The molecule has 0 saturated heterocycles. The first-order valence-electron chi connectivity index (χ1n) is 5.37. The molecule has 1 unspecified atom stereocenters. The maximum absolute atomic E-state index is 10.2. The van der Waals surface area contributed by atoms with E-state index in [1.165, 1.54) is 0 Å². The van der Waals surface area contributed by atoms with E-state index in [1.807, 2.05) is 6.07 Å². The van der Waals surface area contributed by atoms with Gasteiger partial charge in [0.25, 0.3) is 0 Å². The molecular formula is C12H16O4. The van der Waals surface area contributed by atoms with Gasteiger partial charge in [0.15, 0.2) is 11.5 Å². The molecular weight excluding hydrogens is 208 g/mol. The van der Waals surface area contributed by atoms with E-state index in [0.717, 1.165) is 5.56 Å². The van der Waals surface area contributed by atoms with Crippen LogP contribution in [0.3, 0.4) is 0 Å². The van der Waals surface area contributed by atoms with Crippen molar-refractivity contribution in [2.75, 3.05) is 13.4 Å². The summed E-state index contributed by atoms with van der Waals surface area (Å²) in [6, 6.07) is 5.41. The van der Waals surface area contributed by atoms with Gasteiger partial charge >= 0.3 is 0 Å². The van der Waals surface area contributed by atoms with Gasteiger partial charge < -0.3 is 19.7 Å². The highest BCUT2D eigenvalue weighted by Gasteiger charge is 2.25. The average molecular weight is 224 g/mol. The van der Waals surface area contributed by atoms with Crippen molar-refractivity contribution >= 4 is 0 Å².